The summed E-state index contributed by atoms with van der Waals surface area (Å²) in [6, 6.07) is 3.75. The molecule has 0 aromatic carbocycles. The van der Waals surface area contributed by atoms with Crippen molar-refractivity contribution in [1.82, 2.24) is 14.6 Å². The first kappa shape index (κ1) is 12.0. The molecule has 0 amide bonds. The molecule has 19 heavy (non-hydrogen) atoms. The van der Waals surface area contributed by atoms with E-state index in [-0.39, 0.29) is 5.69 Å². The molecule has 1 aliphatic heterocycles. The molecule has 0 unspecified atom stereocenters. The number of hydrogen-bond acceptors (Lipinski definition) is 4. The van der Waals surface area contributed by atoms with E-state index in [0.29, 0.717) is 11.3 Å². The van der Waals surface area contributed by atoms with Crippen LogP contribution in [0.2, 0.25) is 0 Å². The number of aryl methyl sites for hydroxylation is 1. The Kier molecular flexibility index (Phi) is 2.85. The fourth-order valence-electron chi connectivity index (χ4n) is 2.57. The second-order valence-corrected chi connectivity index (χ2v) is 4.86. The third kappa shape index (κ3) is 2.03. The lowest BCUT2D eigenvalue weighted by Crippen LogP contribution is -2.30. The van der Waals surface area contributed by atoms with Crippen LogP contribution in [-0.2, 0) is 0 Å². The first-order valence-electron chi connectivity index (χ1n) is 6.51. The summed E-state index contributed by atoms with van der Waals surface area (Å²) < 4.78 is 1.43. The molecule has 6 nitrogen and oxygen atoms in total. The molecule has 6 heteroatoms. The van der Waals surface area contributed by atoms with Crippen molar-refractivity contribution < 1.29 is 9.90 Å². The Labute approximate surface area is 110 Å². The number of aromatic carboxylic acids is 1. The highest BCUT2D eigenvalue weighted by molar-refractivity contribution is 5.88. The van der Waals surface area contributed by atoms with Gasteiger partial charge in [0.15, 0.2) is 11.3 Å². The highest BCUT2D eigenvalue weighted by atomic mass is 16.4. The van der Waals surface area contributed by atoms with Gasteiger partial charge in [-0.3, -0.25) is 0 Å². The van der Waals surface area contributed by atoms with E-state index in [2.05, 4.69) is 15.0 Å². The number of hydrogen-bond donors (Lipinski definition) is 1. The Morgan fingerprint density at radius 3 is 2.68 bits per heavy atom. The first-order chi connectivity index (χ1) is 9.16. The average molecular weight is 260 g/mol. The highest BCUT2D eigenvalue weighted by Crippen LogP contribution is 2.19. The molecule has 0 radical (unpaired) electrons. The maximum Gasteiger partial charge on any atom is 0.356 e. The minimum atomic E-state index is -0.992. The van der Waals surface area contributed by atoms with Crippen LogP contribution in [0.3, 0.4) is 0 Å². The number of anilines is 1. The molecule has 2 aromatic rings. The molecule has 100 valence electrons. The van der Waals surface area contributed by atoms with Crippen molar-refractivity contribution in [3.8, 4) is 0 Å². The van der Waals surface area contributed by atoms with E-state index in [1.807, 2.05) is 12.1 Å². The van der Waals surface area contributed by atoms with Crippen molar-refractivity contribution in [2.24, 2.45) is 0 Å². The fraction of sp³-hybridized carbons (Fsp3) is 0.462. The van der Waals surface area contributed by atoms with E-state index in [1.165, 1.54) is 10.9 Å². The number of rotatable bonds is 2. The molecule has 2 aromatic heterocycles. The van der Waals surface area contributed by atoms with E-state index in [0.717, 1.165) is 31.7 Å². The minimum Gasteiger partial charge on any atom is -0.476 e. The van der Waals surface area contributed by atoms with E-state index in [1.54, 1.807) is 6.92 Å². The van der Waals surface area contributed by atoms with Gasteiger partial charge >= 0.3 is 5.97 Å². The van der Waals surface area contributed by atoms with Gasteiger partial charge in [-0.15, -0.1) is 5.10 Å². The number of fused-ring (bicyclic) bond motifs is 1. The van der Waals surface area contributed by atoms with Gasteiger partial charge in [-0.2, -0.15) is 0 Å². The largest absolute Gasteiger partial charge is 0.476 e. The summed E-state index contributed by atoms with van der Waals surface area (Å²) >= 11 is 0. The van der Waals surface area contributed by atoms with Crippen LogP contribution in [-0.4, -0.2) is 38.8 Å². The van der Waals surface area contributed by atoms with Crippen molar-refractivity contribution in [2.45, 2.75) is 26.2 Å². The fourth-order valence-corrected chi connectivity index (χ4v) is 2.57. The van der Waals surface area contributed by atoms with Gasteiger partial charge in [0.2, 0.25) is 0 Å². The quantitative estimate of drug-likeness (QED) is 0.890. The second-order valence-electron chi connectivity index (χ2n) is 4.86. The molecule has 1 saturated heterocycles. The van der Waals surface area contributed by atoms with Gasteiger partial charge in [0.05, 0.1) is 5.69 Å². The topological polar surface area (TPSA) is 70.7 Å². The van der Waals surface area contributed by atoms with Crippen LogP contribution in [0.15, 0.2) is 12.1 Å². The number of carbonyl (C=O) groups is 1. The number of nitrogens with zero attached hydrogens (tertiary/aromatic N) is 4. The second kappa shape index (κ2) is 4.53. The van der Waals surface area contributed by atoms with Crippen LogP contribution in [0.1, 0.15) is 35.4 Å². The van der Waals surface area contributed by atoms with Gasteiger partial charge in [0, 0.05) is 13.1 Å². The van der Waals surface area contributed by atoms with Gasteiger partial charge in [0.25, 0.3) is 0 Å². The molecule has 1 aliphatic rings. The molecular weight excluding hydrogens is 244 g/mol. The third-order valence-corrected chi connectivity index (χ3v) is 3.52. The molecule has 3 rings (SSSR count). The first-order valence-corrected chi connectivity index (χ1v) is 6.51. The number of imidazole rings is 1. The zero-order valence-corrected chi connectivity index (χ0v) is 10.8. The van der Waals surface area contributed by atoms with Gasteiger partial charge < -0.3 is 10.0 Å². The summed E-state index contributed by atoms with van der Waals surface area (Å²) in [5.41, 5.74) is 1.22. The lowest BCUT2D eigenvalue weighted by molar-refractivity contribution is 0.0687. The summed E-state index contributed by atoms with van der Waals surface area (Å²) in [6.07, 6.45) is 3.58. The smallest absolute Gasteiger partial charge is 0.356 e. The van der Waals surface area contributed by atoms with Crippen molar-refractivity contribution >= 4 is 17.4 Å². The van der Waals surface area contributed by atoms with E-state index in [9.17, 15) is 9.90 Å². The minimum absolute atomic E-state index is 0.147. The number of carboxylic acid groups (broad SMARTS) is 1. The van der Waals surface area contributed by atoms with Gasteiger partial charge in [-0.1, -0.05) is 0 Å². The predicted octanol–water partition coefficient (Wildman–Crippen LogP) is 1.73. The van der Waals surface area contributed by atoms with Crippen molar-refractivity contribution in [2.75, 3.05) is 18.0 Å². The van der Waals surface area contributed by atoms with Crippen molar-refractivity contribution in [1.29, 1.82) is 0 Å². The molecule has 0 spiro atoms. The summed E-state index contributed by atoms with van der Waals surface area (Å²) in [5, 5.41) is 13.7. The van der Waals surface area contributed by atoms with Crippen LogP contribution >= 0.6 is 0 Å². The SMILES string of the molecule is Cc1nc2ccc(N3CCCCC3)nn2c1C(=O)O. The number of carboxylic acids is 1. The maximum atomic E-state index is 11.3. The van der Waals surface area contributed by atoms with Crippen LogP contribution < -0.4 is 4.90 Å². The molecule has 0 bridgehead atoms. The summed E-state index contributed by atoms with van der Waals surface area (Å²) in [7, 11) is 0. The van der Waals surface area contributed by atoms with Crippen LogP contribution in [0.4, 0.5) is 5.82 Å². The van der Waals surface area contributed by atoms with Crippen LogP contribution in [0.5, 0.6) is 0 Å². The van der Waals surface area contributed by atoms with Gasteiger partial charge in [-0.05, 0) is 38.3 Å². The molecule has 1 fully saturated rings. The zero-order chi connectivity index (χ0) is 13.4. The Hall–Kier alpha value is -2.11. The monoisotopic (exact) mass is 260 g/mol. The zero-order valence-electron chi connectivity index (χ0n) is 10.8. The maximum absolute atomic E-state index is 11.3. The number of piperidine rings is 1. The lowest BCUT2D eigenvalue weighted by atomic mass is 10.1. The highest BCUT2D eigenvalue weighted by Gasteiger charge is 2.18. The van der Waals surface area contributed by atoms with Gasteiger partial charge in [0.1, 0.15) is 5.82 Å². The predicted molar refractivity (Wildman–Crippen MR) is 70.7 cm³/mol. The summed E-state index contributed by atoms with van der Waals surface area (Å²) in [6.45, 7) is 3.65. The van der Waals surface area contributed by atoms with Gasteiger partial charge in [-0.25, -0.2) is 14.3 Å². The average Bonchev–Trinajstić information content (AvgIpc) is 2.74. The normalized spacial score (nSPS) is 15.9. The molecule has 0 saturated carbocycles. The molecule has 0 aliphatic carbocycles. The Balaban J connectivity index is 2.08. The Morgan fingerprint density at radius 1 is 1.26 bits per heavy atom. The number of aromatic nitrogens is 3. The molecular formula is C13H16N4O2. The standard InChI is InChI=1S/C13H16N4O2/c1-9-12(13(18)19)17-10(14-9)5-6-11(15-17)16-7-3-2-4-8-16/h5-6H,2-4,7-8H2,1H3,(H,18,19). The Morgan fingerprint density at radius 2 is 2.00 bits per heavy atom. The molecule has 1 N–H and O–H groups in total. The lowest BCUT2D eigenvalue weighted by Gasteiger charge is -2.27. The summed E-state index contributed by atoms with van der Waals surface area (Å²) in [5.74, 6) is -0.166. The van der Waals surface area contributed by atoms with Crippen molar-refractivity contribution in [3.63, 3.8) is 0 Å². The van der Waals surface area contributed by atoms with Crippen LogP contribution in [0, 0.1) is 6.92 Å². The third-order valence-electron chi connectivity index (χ3n) is 3.52. The summed E-state index contributed by atoms with van der Waals surface area (Å²) in [4.78, 5) is 17.7. The van der Waals surface area contributed by atoms with Crippen LogP contribution in [0.25, 0.3) is 5.65 Å². The van der Waals surface area contributed by atoms with Crippen molar-refractivity contribution in [3.05, 3.63) is 23.5 Å². The van der Waals surface area contributed by atoms with E-state index >= 15 is 0 Å². The molecule has 0 atom stereocenters. The molecule has 3 heterocycles. The Bertz CT molecular complexity index is 629. The van der Waals surface area contributed by atoms with E-state index < -0.39 is 5.97 Å². The van der Waals surface area contributed by atoms with E-state index in [4.69, 9.17) is 0 Å².